The summed E-state index contributed by atoms with van der Waals surface area (Å²) in [6.45, 7) is -6.15. The predicted molar refractivity (Wildman–Crippen MR) is 91.5 cm³/mol. The highest BCUT2D eigenvalue weighted by molar-refractivity contribution is 7.12. The zero-order valence-corrected chi connectivity index (χ0v) is 12.4. The summed E-state index contributed by atoms with van der Waals surface area (Å²) in [6.07, 6.45) is -9.05. The largest absolute Gasteiger partial charge is 0.306 e. The first-order chi connectivity index (χ1) is 15.3. The molecule has 1 aliphatic heterocycles. The highest BCUT2D eigenvalue weighted by Gasteiger charge is 2.27. The number of carbonyl (C=O) groups is 1. The molecule has 0 amide bonds. The van der Waals surface area contributed by atoms with Crippen molar-refractivity contribution in [1.82, 2.24) is 4.90 Å². The molecule has 1 aromatic heterocycles. The van der Waals surface area contributed by atoms with Gasteiger partial charge in [0.15, 0.2) is 5.78 Å². The summed E-state index contributed by atoms with van der Waals surface area (Å²) in [5.74, 6) is -1.09. The first-order valence-electron chi connectivity index (χ1n) is 12.6. The number of ketones is 1. The lowest BCUT2D eigenvalue weighted by Gasteiger charge is -2.27. The molecule has 0 spiro atoms. The number of likely N-dealkylation sites (tertiary alicyclic amines) is 1. The zero-order valence-electron chi connectivity index (χ0n) is 23.6. The van der Waals surface area contributed by atoms with Crippen molar-refractivity contribution in [2.45, 2.75) is 19.1 Å². The van der Waals surface area contributed by atoms with E-state index < -0.39 is 70.9 Å². The number of hydrogen-bond acceptors (Lipinski definition) is 3. The van der Waals surface area contributed by atoms with Gasteiger partial charge in [0.05, 0.1) is 7.62 Å². The maximum atomic E-state index is 13.2. The van der Waals surface area contributed by atoms with Crippen LogP contribution in [-0.2, 0) is 6.37 Å². The van der Waals surface area contributed by atoms with E-state index in [9.17, 15) is 4.79 Å². The van der Waals surface area contributed by atoms with Gasteiger partial charge in [0.25, 0.3) is 0 Å². The average molecular weight is 322 g/mol. The highest BCUT2D eigenvalue weighted by atomic mass is 32.1. The average Bonchev–Trinajstić information content (AvgIpc) is 3.00. The van der Waals surface area contributed by atoms with Crippen molar-refractivity contribution in [2.75, 3.05) is 20.0 Å². The molecule has 1 saturated heterocycles. The van der Waals surface area contributed by atoms with E-state index in [0.29, 0.717) is 16.2 Å². The van der Waals surface area contributed by atoms with Crippen LogP contribution in [0.15, 0.2) is 41.2 Å². The van der Waals surface area contributed by atoms with Crippen LogP contribution in [0.3, 0.4) is 0 Å². The third kappa shape index (κ3) is 2.25. The molecule has 1 fully saturated rings. The fraction of sp³-hybridized carbons (Fsp3) is 0.316. The number of piperidine rings is 1. The normalized spacial score (nSPS) is 38.3. The van der Waals surface area contributed by atoms with Gasteiger partial charge in [-0.1, -0.05) is 29.8 Å². The number of hydrogen-bond donors (Lipinski definition) is 0. The summed E-state index contributed by atoms with van der Waals surface area (Å²) in [5, 5.41) is -0.438. The van der Waals surface area contributed by atoms with Crippen molar-refractivity contribution in [3.63, 3.8) is 0 Å². The van der Waals surface area contributed by atoms with Gasteiger partial charge >= 0.3 is 0 Å². The quantitative estimate of drug-likeness (QED) is 0.730. The molecule has 2 heterocycles. The molecule has 0 saturated carbocycles. The van der Waals surface area contributed by atoms with E-state index in [1.54, 1.807) is 0 Å². The van der Waals surface area contributed by atoms with E-state index in [0.717, 1.165) is 7.05 Å². The summed E-state index contributed by atoms with van der Waals surface area (Å²) in [7, 11) is 0.925. The number of thiophene rings is 1. The Balaban J connectivity index is 2.33. The summed E-state index contributed by atoms with van der Waals surface area (Å²) < 4.78 is 102. The van der Waals surface area contributed by atoms with E-state index in [2.05, 4.69) is 0 Å². The van der Waals surface area contributed by atoms with E-state index in [-0.39, 0.29) is 11.1 Å². The highest BCUT2D eigenvalue weighted by Crippen LogP contribution is 2.40. The molecule has 3 heteroatoms. The van der Waals surface area contributed by atoms with Gasteiger partial charge in [-0.15, -0.1) is 11.3 Å². The van der Waals surface area contributed by atoms with Crippen molar-refractivity contribution in [3.05, 3.63) is 62.8 Å². The molecule has 0 radical (unpaired) electrons. The summed E-state index contributed by atoms with van der Waals surface area (Å²) in [4.78, 5) is 13.2. The first kappa shape index (κ1) is 6.06. The summed E-state index contributed by atoms with van der Waals surface area (Å²) in [5.41, 5.74) is -2.27. The van der Waals surface area contributed by atoms with Gasteiger partial charge in [-0.05, 0) is 47.9 Å². The Morgan fingerprint density at radius 3 is 2.82 bits per heavy atom. The second kappa shape index (κ2) is 5.49. The SMILES string of the molecule is [2H]c1sc2c(c1[2H])C(=C1C([2H])([2H])C([2H])([2H])N(C)C([2H])([2H])C1([2H])[2H])c1ccccc1C([2H])([2H])C2=O. The van der Waals surface area contributed by atoms with Crippen LogP contribution >= 0.6 is 11.3 Å². The molecule has 112 valence electrons. The standard InChI is InChI=1S/C19H19NOS/c1-20-9-6-13(7-10-20)18-15-5-3-2-4-14(15)12-17(21)19-16(18)8-11-22-19/h2-5,8,11H,6-7,9-10,12H2,1H3/i6D2,7D2,8D,9D2,10D2,11D,12D2. The topological polar surface area (TPSA) is 20.3 Å². The molecule has 2 nitrogen and oxygen atoms in total. The molecule has 0 atom stereocenters. The first-order valence-corrected chi connectivity index (χ1v) is 7.40. The minimum atomic E-state index is -3.19. The second-order valence-corrected chi connectivity index (χ2v) is 5.63. The molecule has 2 aromatic rings. The molecule has 22 heavy (non-hydrogen) atoms. The van der Waals surface area contributed by atoms with Crippen LogP contribution in [0, 0.1) is 0 Å². The number of fused-ring (bicyclic) bond motifs is 2. The number of carbonyl (C=O) groups excluding carboxylic acids is 1. The van der Waals surface area contributed by atoms with Crippen LogP contribution in [0.2, 0.25) is 0 Å². The Morgan fingerprint density at radius 2 is 2.00 bits per heavy atom. The molecule has 0 bridgehead atoms. The third-order valence-corrected chi connectivity index (χ3v) is 4.20. The monoisotopic (exact) mass is 321 g/mol. The van der Waals surface area contributed by atoms with Gasteiger partial charge in [-0.3, -0.25) is 4.79 Å². The number of nitrogens with zero attached hydrogens (tertiary/aromatic N) is 1. The summed E-state index contributed by atoms with van der Waals surface area (Å²) >= 11 is 0.492. The Bertz CT molecular complexity index is 1230. The fourth-order valence-corrected chi connectivity index (χ4v) is 3.07. The Hall–Kier alpha value is -1.71. The second-order valence-electron chi connectivity index (χ2n) is 4.82. The number of rotatable bonds is 0. The molecule has 4 rings (SSSR count). The number of benzene rings is 1. The molecule has 0 unspecified atom stereocenters. The van der Waals surface area contributed by atoms with Crippen LogP contribution in [0.25, 0.3) is 5.57 Å². The van der Waals surface area contributed by atoms with Crippen LogP contribution in [-0.4, -0.2) is 30.7 Å². The van der Waals surface area contributed by atoms with Gasteiger partial charge in [-0.2, -0.15) is 0 Å². The third-order valence-electron chi connectivity index (χ3n) is 3.40. The van der Waals surface area contributed by atoms with Crippen LogP contribution in [0.5, 0.6) is 0 Å². The Labute approximate surface area is 151 Å². The van der Waals surface area contributed by atoms with Crippen molar-refractivity contribution in [3.8, 4) is 0 Å². The molecule has 1 aromatic carbocycles. The van der Waals surface area contributed by atoms with E-state index >= 15 is 0 Å². The molecule has 0 N–H and O–H groups in total. The van der Waals surface area contributed by atoms with Crippen molar-refractivity contribution in [1.29, 1.82) is 0 Å². The van der Waals surface area contributed by atoms with Gasteiger partial charge in [0, 0.05) is 38.6 Å². The van der Waals surface area contributed by atoms with Gasteiger partial charge in [-0.25, -0.2) is 0 Å². The van der Waals surface area contributed by atoms with E-state index in [1.165, 1.54) is 24.3 Å². The molecule has 1 aliphatic carbocycles. The van der Waals surface area contributed by atoms with E-state index in [1.807, 2.05) is 0 Å². The minimum Gasteiger partial charge on any atom is -0.306 e. The van der Waals surface area contributed by atoms with Crippen LogP contribution < -0.4 is 0 Å². The fourth-order valence-electron chi connectivity index (χ4n) is 2.42. The van der Waals surface area contributed by atoms with Gasteiger partial charge < -0.3 is 4.90 Å². The smallest absolute Gasteiger partial charge is 0.177 e. The number of Topliss-reactive ketones (excluding diaryl/α,β-unsaturated/α-hetero) is 1. The predicted octanol–water partition coefficient (Wildman–Crippen LogP) is 4.01. The van der Waals surface area contributed by atoms with Crippen LogP contribution in [0.4, 0.5) is 0 Å². The Kier molecular flexibility index (Phi) is 1.51. The van der Waals surface area contributed by atoms with Crippen molar-refractivity contribution < 1.29 is 21.2 Å². The van der Waals surface area contributed by atoms with Crippen molar-refractivity contribution >= 4 is 22.7 Å². The molecular formula is C19H19NOS. The lowest BCUT2D eigenvalue weighted by Crippen LogP contribution is -2.27. The maximum Gasteiger partial charge on any atom is 0.177 e. The minimum absolute atomic E-state index is 0.162. The Morgan fingerprint density at radius 1 is 1.23 bits per heavy atom. The van der Waals surface area contributed by atoms with Crippen molar-refractivity contribution in [2.24, 2.45) is 0 Å². The lowest BCUT2D eigenvalue weighted by molar-refractivity contribution is 0.0997. The zero-order chi connectivity index (χ0) is 25.8. The maximum absolute atomic E-state index is 13.2. The molecular weight excluding hydrogens is 290 g/mol. The van der Waals surface area contributed by atoms with Crippen LogP contribution in [0.1, 0.15) is 55.6 Å². The van der Waals surface area contributed by atoms with E-state index in [4.69, 9.17) is 16.4 Å². The van der Waals surface area contributed by atoms with Gasteiger partial charge in [0.1, 0.15) is 0 Å². The molecule has 2 aliphatic rings. The summed E-state index contributed by atoms with van der Waals surface area (Å²) in [6, 6.07) is 4.86. The van der Waals surface area contributed by atoms with Gasteiger partial charge in [0.2, 0.25) is 0 Å². The lowest BCUT2D eigenvalue weighted by atomic mass is 9.88.